The van der Waals surface area contributed by atoms with Gasteiger partial charge in [0.15, 0.2) is 0 Å². The first-order valence-electron chi connectivity index (χ1n) is 8.70. The standard InChI is InChI=1S/C18H23N5O2/c1-14(12-24-2)23-17(19-20-21-23)22-11-5-9-18(13-22)10-8-15-6-3-4-7-16(15)25-18/h3-4,6-8,10,14H,5,9,11-13H2,1-2H3/t14-,18?/m1/s1. The Balaban J connectivity index is 1.58. The molecule has 25 heavy (non-hydrogen) atoms. The summed E-state index contributed by atoms with van der Waals surface area (Å²) in [4.78, 5) is 2.22. The molecule has 7 nitrogen and oxygen atoms in total. The maximum atomic E-state index is 6.41. The van der Waals surface area contributed by atoms with Crippen LogP contribution in [-0.2, 0) is 4.74 Å². The van der Waals surface area contributed by atoms with Crippen LogP contribution in [0.25, 0.3) is 6.08 Å². The molecule has 132 valence electrons. The van der Waals surface area contributed by atoms with Crippen LogP contribution in [-0.4, -0.2) is 52.6 Å². The van der Waals surface area contributed by atoms with Crippen LogP contribution < -0.4 is 9.64 Å². The summed E-state index contributed by atoms with van der Waals surface area (Å²) in [6, 6.07) is 8.23. The quantitative estimate of drug-likeness (QED) is 0.850. The minimum Gasteiger partial charge on any atom is -0.481 e. The highest BCUT2D eigenvalue weighted by atomic mass is 16.5. The van der Waals surface area contributed by atoms with Crippen molar-refractivity contribution in [2.24, 2.45) is 0 Å². The highest BCUT2D eigenvalue weighted by Gasteiger charge is 2.39. The average Bonchev–Trinajstić information content (AvgIpc) is 3.12. The average molecular weight is 341 g/mol. The SMILES string of the molecule is COC[C@@H](C)n1nnnc1N1CCCC2(C=Cc3ccccc3O2)C1. The molecule has 1 saturated heterocycles. The number of nitrogens with zero attached hydrogens (tertiary/aromatic N) is 5. The summed E-state index contributed by atoms with van der Waals surface area (Å²) in [7, 11) is 1.69. The molecule has 4 rings (SSSR count). The van der Waals surface area contributed by atoms with Gasteiger partial charge in [-0.1, -0.05) is 29.4 Å². The van der Waals surface area contributed by atoms with Crippen molar-refractivity contribution in [2.45, 2.75) is 31.4 Å². The van der Waals surface area contributed by atoms with Gasteiger partial charge < -0.3 is 14.4 Å². The fourth-order valence-electron chi connectivity index (χ4n) is 3.64. The Labute approximate surface area is 147 Å². The highest BCUT2D eigenvalue weighted by Crippen LogP contribution is 2.37. The molecule has 0 aliphatic carbocycles. The number of ether oxygens (including phenoxy) is 2. The summed E-state index contributed by atoms with van der Waals surface area (Å²) in [5.41, 5.74) is 0.803. The van der Waals surface area contributed by atoms with Crippen molar-refractivity contribution in [1.82, 2.24) is 20.2 Å². The number of hydrogen-bond acceptors (Lipinski definition) is 6. The van der Waals surface area contributed by atoms with Gasteiger partial charge in [0.2, 0.25) is 5.95 Å². The lowest BCUT2D eigenvalue weighted by atomic mass is 9.89. The van der Waals surface area contributed by atoms with E-state index < -0.39 is 0 Å². The molecular formula is C18H23N5O2. The van der Waals surface area contributed by atoms with E-state index in [9.17, 15) is 0 Å². The number of para-hydroxylation sites is 1. The molecule has 0 saturated carbocycles. The molecule has 1 fully saturated rings. The second-order valence-corrected chi connectivity index (χ2v) is 6.79. The maximum Gasteiger partial charge on any atom is 0.246 e. The van der Waals surface area contributed by atoms with E-state index in [0.29, 0.717) is 6.61 Å². The van der Waals surface area contributed by atoms with Crippen LogP contribution in [0.4, 0.5) is 5.95 Å². The number of aromatic nitrogens is 4. The first-order chi connectivity index (χ1) is 12.2. The maximum absolute atomic E-state index is 6.41. The van der Waals surface area contributed by atoms with E-state index in [4.69, 9.17) is 9.47 Å². The lowest BCUT2D eigenvalue weighted by Crippen LogP contribution is -2.52. The van der Waals surface area contributed by atoms with E-state index in [1.54, 1.807) is 7.11 Å². The van der Waals surface area contributed by atoms with Crippen LogP contribution in [0, 0.1) is 0 Å². The Morgan fingerprint density at radius 3 is 3.12 bits per heavy atom. The second-order valence-electron chi connectivity index (χ2n) is 6.79. The van der Waals surface area contributed by atoms with Gasteiger partial charge in [-0.05, 0) is 42.3 Å². The fourth-order valence-corrected chi connectivity index (χ4v) is 3.64. The number of benzene rings is 1. The Morgan fingerprint density at radius 2 is 2.24 bits per heavy atom. The molecule has 1 unspecified atom stereocenters. The molecule has 2 aliphatic rings. The lowest BCUT2D eigenvalue weighted by molar-refractivity contribution is 0.0972. The molecular weight excluding hydrogens is 318 g/mol. The van der Waals surface area contributed by atoms with Crippen LogP contribution >= 0.6 is 0 Å². The fraction of sp³-hybridized carbons (Fsp3) is 0.500. The molecule has 2 atom stereocenters. The van der Waals surface area contributed by atoms with Crippen LogP contribution in [0.1, 0.15) is 31.4 Å². The molecule has 1 aromatic carbocycles. The molecule has 0 bridgehead atoms. The van der Waals surface area contributed by atoms with Gasteiger partial charge in [-0.15, -0.1) is 0 Å². The van der Waals surface area contributed by atoms with Crippen molar-refractivity contribution in [3.05, 3.63) is 35.9 Å². The summed E-state index contributed by atoms with van der Waals surface area (Å²) in [6.45, 7) is 4.27. The zero-order valence-corrected chi connectivity index (χ0v) is 14.6. The van der Waals surface area contributed by atoms with E-state index in [1.165, 1.54) is 0 Å². The third-order valence-electron chi connectivity index (χ3n) is 4.87. The van der Waals surface area contributed by atoms with E-state index >= 15 is 0 Å². The molecule has 0 amide bonds. The zero-order chi connectivity index (χ0) is 17.3. The van der Waals surface area contributed by atoms with Crippen molar-refractivity contribution in [3.63, 3.8) is 0 Å². The third kappa shape index (κ3) is 3.00. The number of anilines is 1. The Bertz CT molecular complexity index is 774. The predicted octanol–water partition coefficient (Wildman–Crippen LogP) is 2.33. The first-order valence-corrected chi connectivity index (χ1v) is 8.70. The van der Waals surface area contributed by atoms with Crippen LogP contribution in [0.5, 0.6) is 5.75 Å². The first kappa shape index (κ1) is 16.1. The predicted molar refractivity (Wildman–Crippen MR) is 94.7 cm³/mol. The highest BCUT2D eigenvalue weighted by molar-refractivity contribution is 5.61. The van der Waals surface area contributed by atoms with Crippen molar-refractivity contribution < 1.29 is 9.47 Å². The van der Waals surface area contributed by atoms with Crippen molar-refractivity contribution in [2.75, 3.05) is 31.7 Å². The summed E-state index contributed by atoms with van der Waals surface area (Å²) in [5, 5.41) is 12.3. The summed E-state index contributed by atoms with van der Waals surface area (Å²) in [6.07, 6.45) is 6.37. The number of fused-ring (bicyclic) bond motifs is 1. The third-order valence-corrected chi connectivity index (χ3v) is 4.87. The number of hydrogen-bond donors (Lipinski definition) is 0. The van der Waals surface area contributed by atoms with E-state index in [0.717, 1.165) is 43.2 Å². The number of tetrazole rings is 1. The normalized spacial score (nSPS) is 23.4. The Hall–Kier alpha value is -2.41. The van der Waals surface area contributed by atoms with Crippen molar-refractivity contribution in [3.8, 4) is 5.75 Å². The molecule has 2 aromatic rings. The van der Waals surface area contributed by atoms with E-state index in [2.05, 4.69) is 45.6 Å². The Kier molecular flexibility index (Phi) is 4.17. The van der Waals surface area contributed by atoms with Gasteiger partial charge in [0.1, 0.15) is 11.4 Å². The molecule has 3 heterocycles. The summed E-state index contributed by atoms with van der Waals surface area (Å²) >= 11 is 0. The second kappa shape index (κ2) is 6.48. The lowest BCUT2D eigenvalue weighted by Gasteiger charge is -2.43. The van der Waals surface area contributed by atoms with Crippen LogP contribution in [0.15, 0.2) is 30.3 Å². The van der Waals surface area contributed by atoms with Crippen molar-refractivity contribution in [1.29, 1.82) is 0 Å². The molecule has 1 spiro atoms. The molecule has 2 aliphatic heterocycles. The zero-order valence-electron chi connectivity index (χ0n) is 14.6. The molecule has 1 aromatic heterocycles. The van der Waals surface area contributed by atoms with Gasteiger partial charge in [0, 0.05) is 19.2 Å². The number of piperidine rings is 1. The summed E-state index contributed by atoms with van der Waals surface area (Å²) < 4.78 is 13.5. The minimum absolute atomic E-state index is 0.0800. The van der Waals surface area contributed by atoms with Crippen molar-refractivity contribution >= 4 is 12.0 Å². The topological polar surface area (TPSA) is 65.3 Å². The van der Waals surface area contributed by atoms with Gasteiger partial charge in [-0.2, -0.15) is 0 Å². The number of methoxy groups -OCH3 is 1. The monoisotopic (exact) mass is 341 g/mol. The van der Waals surface area contributed by atoms with Gasteiger partial charge in [0.25, 0.3) is 0 Å². The molecule has 7 heteroatoms. The van der Waals surface area contributed by atoms with E-state index in [1.807, 2.05) is 22.9 Å². The van der Waals surface area contributed by atoms with Gasteiger partial charge >= 0.3 is 0 Å². The van der Waals surface area contributed by atoms with Gasteiger partial charge in [-0.25, -0.2) is 4.68 Å². The number of rotatable bonds is 4. The van der Waals surface area contributed by atoms with Crippen LogP contribution in [0.3, 0.4) is 0 Å². The Morgan fingerprint density at radius 1 is 1.36 bits per heavy atom. The largest absolute Gasteiger partial charge is 0.481 e. The van der Waals surface area contributed by atoms with E-state index in [-0.39, 0.29) is 11.6 Å². The van der Waals surface area contributed by atoms with Gasteiger partial charge in [0.05, 0.1) is 19.2 Å². The molecule has 0 N–H and O–H groups in total. The minimum atomic E-state index is -0.326. The smallest absolute Gasteiger partial charge is 0.246 e. The molecule has 0 radical (unpaired) electrons. The van der Waals surface area contributed by atoms with Gasteiger partial charge in [-0.3, -0.25) is 0 Å². The summed E-state index contributed by atoms with van der Waals surface area (Å²) in [5.74, 6) is 1.72. The van der Waals surface area contributed by atoms with Crippen LogP contribution in [0.2, 0.25) is 0 Å².